The molecule has 8 nitrogen and oxygen atoms in total. The molecule has 0 spiro atoms. The summed E-state index contributed by atoms with van der Waals surface area (Å²) in [6.45, 7) is 10.9. The quantitative estimate of drug-likeness (QED) is 0.0270. The summed E-state index contributed by atoms with van der Waals surface area (Å²) in [5, 5.41) is 4.35. The second kappa shape index (κ2) is 43.3. The fraction of sp³-hybridized carbons (Fsp3) is 0.148. The Morgan fingerprint density at radius 2 is 0.520 bits per heavy atom. The topological polar surface area (TPSA) is 107 Å². The van der Waals surface area contributed by atoms with Crippen molar-refractivity contribution in [2.75, 3.05) is 31.2 Å². The number of nitrogens with zero attached hydrogens (tertiary/aromatic N) is 1. The van der Waals surface area contributed by atoms with E-state index in [1.165, 1.54) is 34.5 Å². The van der Waals surface area contributed by atoms with Crippen molar-refractivity contribution in [1.29, 1.82) is 0 Å². The zero-order valence-electron chi connectivity index (χ0n) is 57.1. The molecule has 102 heavy (non-hydrogen) atoms. The maximum absolute atomic E-state index is 11.6. The van der Waals surface area contributed by atoms with Crippen LogP contribution in [0.4, 0.5) is 5.69 Å². The summed E-state index contributed by atoms with van der Waals surface area (Å²) in [5.74, 6) is -0.472. The molecule has 0 fully saturated rings. The number of halogens is 6. The molecule has 0 aliphatic carbocycles. The van der Waals surface area contributed by atoms with Crippen LogP contribution in [0.1, 0.15) is 151 Å². The molecule has 0 aliphatic heterocycles. The third-order valence-electron chi connectivity index (χ3n) is 15.9. The molecule has 0 radical (unpaired) electrons. The molecule has 0 aromatic heterocycles. The van der Waals surface area contributed by atoms with Crippen molar-refractivity contribution >= 4 is 118 Å². The highest BCUT2D eigenvalue weighted by Crippen LogP contribution is 2.37. The van der Waals surface area contributed by atoms with Crippen molar-refractivity contribution < 1.29 is 33.4 Å². The van der Waals surface area contributed by atoms with Gasteiger partial charge in [0.15, 0.2) is 0 Å². The van der Waals surface area contributed by atoms with Crippen molar-refractivity contribution in [3.63, 3.8) is 0 Å². The van der Waals surface area contributed by atoms with Gasteiger partial charge in [0.1, 0.15) is 18.9 Å². The minimum atomic E-state index is -0.341. The predicted octanol–water partition coefficient (Wildman–Crippen LogP) is 24.1. The molecular weight excluding hydrogens is 1400 g/mol. The molecule has 1 unspecified atom stereocenters. The maximum atomic E-state index is 11.6. The standard InChI is InChI=1S/C30H34ClNO2.C24H20Cl2O2.C20H14Cl2O.C8H6O2.C6H5Cl/c1-4-21-32(22-5-2)28-18-14-26(15-19-28)30(25-12-16-27(31)17-13-25)24-10-7-23(8-11-24)9-20-29(33)34-6-3;1-2-28-23(27)16-5-17-3-6-18(7-4-17)24(19-8-12-21(25)13-9-19)20-10-14-22(26)15-11-20;21-18-9-5-16(6-10-18)20(17-7-11-19(22)12-8-17)15-3-1-14(13-23)2-4-15;9-5-7-1-2-8(6-10)4-3-7;7-6-4-2-1-3-5-6/h7-20,30H,4-6,21-22H2,1-3H3;3-16,24H,2H2,1H3;1-13,20H;1-6H;1-5H/b20-9+;16-5+;;;. The van der Waals surface area contributed by atoms with E-state index in [1.807, 2.05) is 188 Å². The number of carbonyl (C=O) groups is 5. The molecule has 11 rings (SSSR count). The van der Waals surface area contributed by atoms with Gasteiger partial charge in [0.2, 0.25) is 0 Å². The first-order valence-electron chi connectivity index (χ1n) is 33.3. The average molecular weight is 1480 g/mol. The summed E-state index contributed by atoms with van der Waals surface area (Å²) < 4.78 is 9.88. The predicted molar refractivity (Wildman–Crippen MR) is 424 cm³/mol. The minimum Gasteiger partial charge on any atom is -0.463 e. The van der Waals surface area contributed by atoms with Gasteiger partial charge in [-0.2, -0.15) is 0 Å². The number of hydrogen-bond acceptors (Lipinski definition) is 8. The van der Waals surface area contributed by atoms with E-state index in [2.05, 4.69) is 79.4 Å². The lowest BCUT2D eigenvalue weighted by molar-refractivity contribution is -0.138. The minimum absolute atomic E-state index is 0.0534. The van der Waals surface area contributed by atoms with E-state index < -0.39 is 0 Å². The third-order valence-corrected chi connectivity index (χ3v) is 17.4. The number of ether oxygens (including phenoxy) is 2. The summed E-state index contributed by atoms with van der Waals surface area (Å²) in [7, 11) is 0. The van der Waals surface area contributed by atoms with Gasteiger partial charge >= 0.3 is 11.9 Å². The van der Waals surface area contributed by atoms with Crippen LogP contribution in [0, 0.1) is 0 Å². The lowest BCUT2D eigenvalue weighted by atomic mass is 9.85. The van der Waals surface area contributed by atoms with Crippen LogP contribution in [0.3, 0.4) is 0 Å². The zero-order chi connectivity index (χ0) is 73.0. The van der Waals surface area contributed by atoms with E-state index in [-0.39, 0.29) is 29.7 Å². The van der Waals surface area contributed by atoms with Crippen molar-refractivity contribution in [3.8, 4) is 0 Å². The first kappa shape index (κ1) is 79.7. The second-order valence-electron chi connectivity index (χ2n) is 23.1. The Morgan fingerprint density at radius 1 is 0.304 bits per heavy atom. The van der Waals surface area contributed by atoms with E-state index in [4.69, 9.17) is 79.1 Å². The normalized spacial score (nSPS) is 10.9. The number of esters is 2. The number of carbonyl (C=O) groups excluding carboxylic acids is 5. The van der Waals surface area contributed by atoms with Gasteiger partial charge in [-0.05, 0) is 185 Å². The zero-order valence-corrected chi connectivity index (χ0v) is 61.6. The molecule has 0 aliphatic rings. The lowest BCUT2D eigenvalue weighted by Gasteiger charge is -2.25. The summed E-state index contributed by atoms with van der Waals surface area (Å²) in [6, 6.07) is 88.4. The molecule has 11 aromatic carbocycles. The molecule has 0 amide bonds. The summed E-state index contributed by atoms with van der Waals surface area (Å²) in [6.07, 6.45) is 11.0. The lowest BCUT2D eigenvalue weighted by Crippen LogP contribution is -2.24. The van der Waals surface area contributed by atoms with Crippen molar-refractivity contribution in [3.05, 3.63) is 393 Å². The van der Waals surface area contributed by atoms with Crippen molar-refractivity contribution in [2.24, 2.45) is 0 Å². The van der Waals surface area contributed by atoms with Crippen LogP contribution in [0.5, 0.6) is 0 Å². The maximum Gasteiger partial charge on any atom is 0.330 e. The van der Waals surface area contributed by atoms with Crippen LogP contribution >= 0.6 is 69.6 Å². The number of hydrogen-bond donors (Lipinski definition) is 0. The number of benzene rings is 11. The molecule has 14 heteroatoms. The fourth-order valence-electron chi connectivity index (χ4n) is 10.9. The van der Waals surface area contributed by atoms with Crippen LogP contribution < -0.4 is 4.90 Å². The van der Waals surface area contributed by atoms with Gasteiger partial charge in [-0.15, -0.1) is 0 Å². The number of aldehydes is 3. The molecule has 520 valence electrons. The first-order chi connectivity index (χ1) is 49.5. The van der Waals surface area contributed by atoms with E-state index in [0.717, 1.165) is 99.3 Å². The molecule has 0 saturated heterocycles. The Hall–Kier alpha value is -9.61. The van der Waals surface area contributed by atoms with E-state index in [0.29, 0.717) is 50.0 Å². The molecule has 0 N–H and O–H groups in total. The summed E-state index contributed by atoms with van der Waals surface area (Å²) in [4.78, 5) is 56.7. The van der Waals surface area contributed by atoms with E-state index in [1.54, 1.807) is 50.3 Å². The summed E-state index contributed by atoms with van der Waals surface area (Å²) >= 11 is 35.9. The molecular formula is C88H79Cl6NO7. The van der Waals surface area contributed by atoms with E-state index in [9.17, 15) is 24.0 Å². The van der Waals surface area contributed by atoms with Gasteiger partial charge in [-0.1, -0.05) is 272 Å². The Bertz CT molecular complexity index is 4260. The molecule has 0 heterocycles. The molecule has 0 bridgehead atoms. The van der Waals surface area contributed by atoms with Crippen LogP contribution in [-0.2, 0) is 19.1 Å². The monoisotopic (exact) mass is 1470 g/mol. The molecule has 11 aromatic rings. The highest BCUT2D eigenvalue weighted by Gasteiger charge is 2.21. The van der Waals surface area contributed by atoms with Crippen molar-refractivity contribution in [1.82, 2.24) is 0 Å². The van der Waals surface area contributed by atoms with Gasteiger partial charge in [-0.25, -0.2) is 9.59 Å². The van der Waals surface area contributed by atoms with Gasteiger partial charge < -0.3 is 14.4 Å². The Kier molecular flexibility index (Phi) is 33.8. The van der Waals surface area contributed by atoms with Gasteiger partial charge in [-0.3, -0.25) is 14.4 Å². The molecule has 1 atom stereocenters. The third kappa shape index (κ3) is 26.1. The summed E-state index contributed by atoms with van der Waals surface area (Å²) in [5.41, 5.74) is 15.4. The SMILES string of the molecule is CCCN(CCC)c1ccc(C(c2ccc(Cl)cc2)c2ccc(/C=C/C(=O)OCC)cc2)cc1.CCOC(=O)/C=C/c1ccc(C(c2ccc(Cl)cc2)c2ccc(Cl)cc2)cc1.Clc1ccccc1.O=Cc1ccc(C(c2ccc(Cl)cc2)c2ccc(Cl)cc2)cc1.O=Cc1ccc(C=O)cc1. The highest BCUT2D eigenvalue weighted by molar-refractivity contribution is 6.32. The Labute approximate surface area is 629 Å². The largest absolute Gasteiger partial charge is 0.463 e. The van der Waals surface area contributed by atoms with Crippen LogP contribution in [-0.4, -0.2) is 57.1 Å². The number of anilines is 1. The van der Waals surface area contributed by atoms with Crippen LogP contribution in [0.2, 0.25) is 30.1 Å². The Balaban J connectivity index is 0.000000194. The van der Waals surface area contributed by atoms with Gasteiger partial charge in [0, 0.05) is 95.5 Å². The van der Waals surface area contributed by atoms with E-state index >= 15 is 0 Å². The second-order valence-corrected chi connectivity index (χ2v) is 25.7. The highest BCUT2D eigenvalue weighted by atomic mass is 35.5. The van der Waals surface area contributed by atoms with Gasteiger partial charge in [0.25, 0.3) is 0 Å². The fourth-order valence-corrected chi connectivity index (χ4v) is 11.7. The van der Waals surface area contributed by atoms with Crippen LogP contribution in [0.15, 0.2) is 285 Å². The Morgan fingerprint density at radius 3 is 0.735 bits per heavy atom. The van der Waals surface area contributed by atoms with Crippen molar-refractivity contribution in [2.45, 2.75) is 58.3 Å². The molecule has 0 saturated carbocycles. The smallest absolute Gasteiger partial charge is 0.330 e. The van der Waals surface area contributed by atoms with Gasteiger partial charge in [0.05, 0.1) is 13.2 Å². The average Bonchev–Trinajstić information content (AvgIpc) is 0.822. The van der Waals surface area contributed by atoms with Crippen LogP contribution in [0.25, 0.3) is 12.2 Å². The number of rotatable bonds is 23. The first-order valence-corrected chi connectivity index (χ1v) is 35.6.